The van der Waals surface area contributed by atoms with Gasteiger partial charge in [-0.25, -0.2) is 0 Å². The minimum Gasteiger partial charge on any atom is -0.486 e. The van der Waals surface area contributed by atoms with Gasteiger partial charge in [-0.05, 0) is 12.1 Å². The fraction of sp³-hybridized carbons (Fsp3) is 0.462. The van der Waals surface area contributed by atoms with Crippen LogP contribution in [0.25, 0.3) is 0 Å². The van der Waals surface area contributed by atoms with E-state index in [0.29, 0.717) is 12.4 Å². The fourth-order valence-electron chi connectivity index (χ4n) is 1.98. The van der Waals surface area contributed by atoms with Crippen molar-refractivity contribution in [2.45, 2.75) is 6.18 Å². The highest BCUT2D eigenvalue weighted by Crippen LogP contribution is 2.34. The molecule has 0 fully saturated rings. The van der Waals surface area contributed by atoms with Gasteiger partial charge in [0, 0.05) is 11.9 Å². The molecule has 0 unspecified atom stereocenters. The standard InChI is InChI=1S/C13H13BrF3NO3/c14-4-5-18(8-13(15,16)17)12(19)9-2-1-3-10-11(9)21-7-6-20-10/h1-3H,4-8H2. The number of hydrogen-bond acceptors (Lipinski definition) is 3. The summed E-state index contributed by atoms with van der Waals surface area (Å²) in [6, 6.07) is 4.61. The van der Waals surface area contributed by atoms with Crippen molar-refractivity contribution in [2.24, 2.45) is 0 Å². The number of para-hydroxylation sites is 1. The van der Waals surface area contributed by atoms with Crippen LogP contribution in [0.15, 0.2) is 18.2 Å². The second-order valence-corrected chi connectivity index (χ2v) is 5.15. The fourth-order valence-corrected chi connectivity index (χ4v) is 2.41. The molecule has 0 N–H and O–H groups in total. The predicted molar refractivity (Wildman–Crippen MR) is 73.2 cm³/mol. The summed E-state index contributed by atoms with van der Waals surface area (Å²) in [5.41, 5.74) is 0.0809. The van der Waals surface area contributed by atoms with Crippen molar-refractivity contribution in [3.05, 3.63) is 23.8 Å². The maximum atomic E-state index is 12.6. The minimum atomic E-state index is -4.45. The summed E-state index contributed by atoms with van der Waals surface area (Å²) in [6.45, 7) is -0.752. The molecule has 0 saturated carbocycles. The molecular formula is C13H13BrF3NO3. The lowest BCUT2D eigenvalue weighted by Crippen LogP contribution is -2.40. The Kier molecular flexibility index (Phi) is 4.97. The van der Waals surface area contributed by atoms with E-state index in [1.54, 1.807) is 12.1 Å². The number of benzene rings is 1. The molecule has 1 amide bonds. The SMILES string of the molecule is O=C(c1cccc2c1OCCO2)N(CCBr)CC(F)(F)F. The third kappa shape index (κ3) is 4.03. The van der Waals surface area contributed by atoms with Crippen LogP contribution in [0, 0.1) is 0 Å². The van der Waals surface area contributed by atoms with Crippen molar-refractivity contribution in [3.63, 3.8) is 0 Å². The minimum absolute atomic E-state index is 0.0527. The molecule has 0 radical (unpaired) electrons. The molecule has 0 aromatic heterocycles. The third-order valence-electron chi connectivity index (χ3n) is 2.81. The van der Waals surface area contributed by atoms with Crippen LogP contribution >= 0.6 is 15.9 Å². The van der Waals surface area contributed by atoms with E-state index < -0.39 is 18.6 Å². The molecule has 4 nitrogen and oxygen atoms in total. The molecule has 0 aliphatic carbocycles. The van der Waals surface area contributed by atoms with E-state index in [2.05, 4.69) is 15.9 Å². The quantitative estimate of drug-likeness (QED) is 0.768. The van der Waals surface area contributed by atoms with E-state index in [4.69, 9.17) is 9.47 Å². The average molecular weight is 368 g/mol. The largest absolute Gasteiger partial charge is 0.486 e. The molecule has 0 atom stereocenters. The van der Waals surface area contributed by atoms with Crippen molar-refractivity contribution in [1.29, 1.82) is 0 Å². The van der Waals surface area contributed by atoms with Gasteiger partial charge in [0.25, 0.3) is 5.91 Å². The average Bonchev–Trinajstić information content (AvgIpc) is 2.44. The first kappa shape index (κ1) is 15.9. The van der Waals surface area contributed by atoms with Gasteiger partial charge in [-0.2, -0.15) is 13.2 Å². The van der Waals surface area contributed by atoms with Crippen LogP contribution in [0.5, 0.6) is 11.5 Å². The molecule has 8 heteroatoms. The number of ether oxygens (including phenoxy) is 2. The van der Waals surface area contributed by atoms with Gasteiger partial charge >= 0.3 is 6.18 Å². The van der Waals surface area contributed by atoms with E-state index in [1.165, 1.54) is 6.07 Å². The van der Waals surface area contributed by atoms with Crippen LogP contribution in [0.4, 0.5) is 13.2 Å². The lowest BCUT2D eigenvalue weighted by molar-refractivity contribution is -0.140. The molecule has 1 aliphatic rings. The summed E-state index contributed by atoms with van der Waals surface area (Å²) in [7, 11) is 0. The highest BCUT2D eigenvalue weighted by molar-refractivity contribution is 9.09. The molecule has 1 aromatic carbocycles. The molecule has 2 rings (SSSR count). The van der Waals surface area contributed by atoms with Crippen LogP contribution < -0.4 is 9.47 Å². The summed E-state index contributed by atoms with van der Waals surface area (Å²) in [5.74, 6) is -0.150. The lowest BCUT2D eigenvalue weighted by Gasteiger charge is -2.26. The Hall–Kier alpha value is -1.44. The third-order valence-corrected chi connectivity index (χ3v) is 3.16. The zero-order chi connectivity index (χ0) is 15.5. The summed E-state index contributed by atoms with van der Waals surface area (Å²) in [6.07, 6.45) is -4.45. The first-order chi connectivity index (χ1) is 9.92. The summed E-state index contributed by atoms with van der Waals surface area (Å²) < 4.78 is 48.4. The first-order valence-electron chi connectivity index (χ1n) is 6.23. The molecular weight excluding hydrogens is 355 g/mol. The second kappa shape index (κ2) is 6.55. The highest BCUT2D eigenvalue weighted by Gasteiger charge is 2.34. The number of alkyl halides is 4. The lowest BCUT2D eigenvalue weighted by atomic mass is 10.1. The second-order valence-electron chi connectivity index (χ2n) is 4.36. The van der Waals surface area contributed by atoms with Crippen molar-refractivity contribution < 1.29 is 27.4 Å². The van der Waals surface area contributed by atoms with E-state index in [1.807, 2.05) is 0 Å². The molecule has 21 heavy (non-hydrogen) atoms. The molecule has 1 aromatic rings. The topological polar surface area (TPSA) is 38.8 Å². The molecule has 0 saturated heterocycles. The maximum Gasteiger partial charge on any atom is 0.406 e. The van der Waals surface area contributed by atoms with Gasteiger partial charge < -0.3 is 14.4 Å². The van der Waals surface area contributed by atoms with Crippen molar-refractivity contribution in [2.75, 3.05) is 31.6 Å². The van der Waals surface area contributed by atoms with Gasteiger partial charge in [0.1, 0.15) is 19.8 Å². The Labute approximate surface area is 127 Å². The van der Waals surface area contributed by atoms with Crippen molar-refractivity contribution in [1.82, 2.24) is 4.90 Å². The maximum absolute atomic E-state index is 12.6. The van der Waals surface area contributed by atoms with Crippen molar-refractivity contribution >= 4 is 21.8 Å². The van der Waals surface area contributed by atoms with Crippen LogP contribution in [-0.2, 0) is 0 Å². The number of halogens is 4. The number of nitrogens with zero attached hydrogens (tertiary/aromatic N) is 1. The monoisotopic (exact) mass is 367 g/mol. The van der Waals surface area contributed by atoms with Gasteiger partial charge in [-0.1, -0.05) is 22.0 Å². The Morgan fingerprint density at radius 3 is 2.67 bits per heavy atom. The van der Waals surface area contributed by atoms with Gasteiger partial charge in [0.2, 0.25) is 0 Å². The van der Waals surface area contributed by atoms with E-state index in [-0.39, 0.29) is 29.8 Å². The van der Waals surface area contributed by atoms with Gasteiger partial charge in [0.05, 0.1) is 5.56 Å². The van der Waals surface area contributed by atoms with Crippen LogP contribution in [-0.4, -0.2) is 48.6 Å². The van der Waals surface area contributed by atoms with Gasteiger partial charge in [-0.15, -0.1) is 0 Å². The normalized spacial score (nSPS) is 13.9. The van der Waals surface area contributed by atoms with Crippen LogP contribution in [0.3, 0.4) is 0 Å². The molecule has 1 heterocycles. The van der Waals surface area contributed by atoms with Crippen molar-refractivity contribution in [3.8, 4) is 11.5 Å². The zero-order valence-electron chi connectivity index (χ0n) is 11.0. The number of fused-ring (bicyclic) bond motifs is 1. The molecule has 116 valence electrons. The van der Waals surface area contributed by atoms with E-state index in [0.717, 1.165) is 4.90 Å². The Morgan fingerprint density at radius 2 is 2.00 bits per heavy atom. The molecule has 0 spiro atoms. The Bertz CT molecular complexity index is 522. The summed E-state index contributed by atoms with van der Waals surface area (Å²) in [4.78, 5) is 13.1. The zero-order valence-corrected chi connectivity index (χ0v) is 12.5. The Morgan fingerprint density at radius 1 is 1.29 bits per heavy atom. The summed E-state index contributed by atoms with van der Waals surface area (Å²) >= 11 is 3.06. The van der Waals surface area contributed by atoms with Gasteiger partial charge in [0.15, 0.2) is 11.5 Å². The highest BCUT2D eigenvalue weighted by atomic mass is 79.9. The van der Waals surface area contributed by atoms with E-state index >= 15 is 0 Å². The number of hydrogen-bond donors (Lipinski definition) is 0. The predicted octanol–water partition coefficient (Wildman–Crippen LogP) is 2.86. The van der Waals surface area contributed by atoms with Crippen LogP contribution in [0.1, 0.15) is 10.4 Å². The molecule has 1 aliphatic heterocycles. The number of amides is 1. The van der Waals surface area contributed by atoms with E-state index in [9.17, 15) is 18.0 Å². The Balaban J connectivity index is 2.28. The van der Waals surface area contributed by atoms with Gasteiger partial charge in [-0.3, -0.25) is 4.79 Å². The number of carbonyl (C=O) groups is 1. The first-order valence-corrected chi connectivity index (χ1v) is 7.35. The van der Waals surface area contributed by atoms with Crippen LogP contribution in [0.2, 0.25) is 0 Å². The number of carbonyl (C=O) groups excluding carboxylic acids is 1. The summed E-state index contributed by atoms with van der Waals surface area (Å²) in [5, 5.41) is 0.251. The smallest absolute Gasteiger partial charge is 0.406 e. The molecule has 0 bridgehead atoms. The number of rotatable bonds is 4.